The number of nitrogens with one attached hydrogen (secondary N) is 2. The Balaban J connectivity index is 1.52. The van der Waals surface area contributed by atoms with Crippen molar-refractivity contribution in [2.24, 2.45) is 5.73 Å². The fourth-order valence-corrected chi connectivity index (χ4v) is 6.60. The van der Waals surface area contributed by atoms with Crippen LogP contribution in [0.1, 0.15) is 63.4 Å². The second-order valence-electron chi connectivity index (χ2n) is 10.9. The predicted molar refractivity (Wildman–Crippen MR) is 152 cm³/mol. The van der Waals surface area contributed by atoms with Gasteiger partial charge in [0.25, 0.3) is 12.3 Å². The molecule has 1 aromatic carbocycles. The van der Waals surface area contributed by atoms with Gasteiger partial charge in [-0.05, 0) is 60.6 Å². The van der Waals surface area contributed by atoms with Crippen molar-refractivity contribution in [1.82, 2.24) is 13.9 Å². The van der Waals surface area contributed by atoms with Crippen LogP contribution in [0.5, 0.6) is 5.88 Å². The number of carbonyl (C=O) groups excluding carboxylic acids is 1. The van der Waals surface area contributed by atoms with Crippen LogP contribution >= 0.6 is 0 Å². The number of hydrogen-bond acceptors (Lipinski definition) is 8. The van der Waals surface area contributed by atoms with Gasteiger partial charge in [0.1, 0.15) is 11.1 Å². The summed E-state index contributed by atoms with van der Waals surface area (Å²) < 4.78 is 48.8. The number of carboxylic acids is 1. The van der Waals surface area contributed by atoms with Gasteiger partial charge in [0.05, 0.1) is 36.4 Å². The summed E-state index contributed by atoms with van der Waals surface area (Å²) in [6.07, 6.45) is 0.552. The quantitative estimate of drug-likeness (QED) is 0.171. The average Bonchev–Trinajstić information content (AvgIpc) is 3.73. The number of alkyl halides is 2. The number of aryl methyl sites for hydroxylation is 1. The zero-order valence-electron chi connectivity index (χ0n) is 23.4. The van der Waals surface area contributed by atoms with Crippen LogP contribution in [-0.4, -0.2) is 59.8 Å². The molecule has 43 heavy (non-hydrogen) atoms. The Bertz CT molecular complexity index is 1690. The molecule has 2 aromatic heterocycles. The number of primary amides is 1. The standard InChI is InChI=1S/C29H30F2N6O5S/c1-15-3-4-17(21(11-23(38)39)20-5-8-37(25(32)16(20)2)26(33)24(30)31)9-19(15)13-36-14-29(6-7-29)42-28-22(43(36)41)10-18(12-35-28)27(34)40/h3-5,8-10,12,21,24,32-33H,6-7,11,13-14H2,1-2H3,(H2,34,40)(H,38,39). The van der Waals surface area contributed by atoms with Gasteiger partial charge >= 0.3 is 5.97 Å². The minimum atomic E-state index is -3.08. The van der Waals surface area contributed by atoms with E-state index in [1.54, 1.807) is 10.4 Å². The van der Waals surface area contributed by atoms with E-state index in [1.165, 1.54) is 31.5 Å². The zero-order valence-corrected chi connectivity index (χ0v) is 24.2. The Morgan fingerprint density at radius 3 is 2.60 bits per heavy atom. The first-order valence-electron chi connectivity index (χ1n) is 13.4. The maximum Gasteiger partial charge on any atom is 0.304 e. The van der Waals surface area contributed by atoms with Gasteiger partial charge in [0.15, 0.2) is 5.84 Å². The molecule has 11 nitrogen and oxygen atoms in total. The van der Waals surface area contributed by atoms with Gasteiger partial charge in [-0.15, -0.1) is 4.31 Å². The minimum absolute atomic E-state index is 0.106. The molecule has 1 amide bonds. The van der Waals surface area contributed by atoms with E-state index in [9.17, 15) is 28.0 Å². The van der Waals surface area contributed by atoms with Crippen molar-refractivity contribution in [1.29, 1.82) is 10.8 Å². The third-order valence-corrected chi connectivity index (χ3v) is 9.28. The number of fused-ring (bicyclic) bond motifs is 1. The number of nitrogens with zero attached hydrogens (tertiary/aromatic N) is 3. The first-order chi connectivity index (χ1) is 20.3. The van der Waals surface area contributed by atoms with Crippen molar-refractivity contribution < 1.29 is 32.8 Å². The summed E-state index contributed by atoms with van der Waals surface area (Å²) in [6.45, 7) is 3.96. The third kappa shape index (κ3) is 6.03. The number of amides is 1. The molecule has 14 heteroatoms. The number of hydrogen-bond donors (Lipinski definition) is 4. The average molecular weight is 613 g/mol. The van der Waals surface area contributed by atoms with Gasteiger partial charge in [0.2, 0.25) is 10.8 Å². The Morgan fingerprint density at radius 2 is 1.98 bits per heavy atom. The fourth-order valence-electron chi connectivity index (χ4n) is 5.24. The van der Waals surface area contributed by atoms with Crippen molar-refractivity contribution in [2.45, 2.75) is 62.5 Å². The van der Waals surface area contributed by atoms with Gasteiger partial charge in [-0.3, -0.25) is 25.0 Å². The number of aromatic nitrogens is 2. The summed E-state index contributed by atoms with van der Waals surface area (Å²) in [5, 5.41) is 25.8. The molecule has 2 atom stereocenters. The van der Waals surface area contributed by atoms with Gasteiger partial charge in [-0.25, -0.2) is 13.8 Å². The second-order valence-corrected chi connectivity index (χ2v) is 12.3. The fraction of sp³-hybridized carbons (Fsp3) is 0.345. The van der Waals surface area contributed by atoms with E-state index in [1.807, 2.05) is 19.1 Å². The Kier molecular flexibility index (Phi) is 8.11. The molecule has 1 fully saturated rings. The number of nitrogens with two attached hydrogens (primary N) is 1. The summed E-state index contributed by atoms with van der Waals surface area (Å²) in [6, 6.07) is 8.33. The van der Waals surface area contributed by atoms with Gasteiger partial charge < -0.3 is 20.1 Å². The molecule has 0 radical (unpaired) electrons. The van der Waals surface area contributed by atoms with Gasteiger partial charge in [-0.2, -0.15) is 0 Å². The number of rotatable bonds is 8. The molecule has 1 aliphatic carbocycles. The van der Waals surface area contributed by atoms with Crippen LogP contribution in [0, 0.1) is 24.7 Å². The topological polar surface area (TPSA) is 181 Å². The molecule has 0 saturated heterocycles. The molecule has 5 rings (SSSR count). The largest absolute Gasteiger partial charge is 0.593 e. The van der Waals surface area contributed by atoms with Crippen LogP contribution in [0.2, 0.25) is 0 Å². The number of benzene rings is 1. The van der Waals surface area contributed by atoms with Crippen molar-refractivity contribution in [3.05, 3.63) is 81.6 Å². The Hall–Kier alpha value is -4.14. The molecule has 3 aromatic rings. The number of halogens is 2. The summed E-state index contributed by atoms with van der Waals surface area (Å²) in [7, 11) is 0. The Morgan fingerprint density at radius 1 is 1.26 bits per heavy atom. The van der Waals surface area contributed by atoms with Crippen molar-refractivity contribution in [3.63, 3.8) is 0 Å². The molecule has 1 saturated carbocycles. The second kappa shape index (κ2) is 11.5. The number of aliphatic carboxylic acids is 1. The lowest BCUT2D eigenvalue weighted by molar-refractivity contribution is -0.137. The number of pyridine rings is 2. The lowest BCUT2D eigenvalue weighted by Gasteiger charge is -2.25. The van der Waals surface area contributed by atoms with E-state index in [-0.39, 0.29) is 40.4 Å². The summed E-state index contributed by atoms with van der Waals surface area (Å²) in [4.78, 5) is 28.2. The molecule has 2 aliphatic rings. The van der Waals surface area contributed by atoms with Crippen LogP contribution in [0.4, 0.5) is 8.78 Å². The van der Waals surface area contributed by atoms with Crippen LogP contribution in [0.3, 0.4) is 0 Å². The Labute approximate surface area is 248 Å². The molecule has 1 aliphatic heterocycles. The summed E-state index contributed by atoms with van der Waals surface area (Å²) in [5.41, 5.74) is 7.63. The number of carboxylic acid groups (broad SMARTS) is 1. The minimum Gasteiger partial charge on any atom is -0.593 e. The van der Waals surface area contributed by atoms with E-state index in [2.05, 4.69) is 4.98 Å². The maximum atomic E-state index is 13.8. The van der Waals surface area contributed by atoms with Crippen LogP contribution in [-0.2, 0) is 22.7 Å². The van der Waals surface area contributed by atoms with Crippen LogP contribution in [0.25, 0.3) is 0 Å². The van der Waals surface area contributed by atoms with E-state index >= 15 is 0 Å². The number of carbonyl (C=O) groups is 2. The summed E-state index contributed by atoms with van der Waals surface area (Å²) in [5.74, 6) is -3.38. The molecule has 1 spiro atoms. The summed E-state index contributed by atoms with van der Waals surface area (Å²) >= 11 is -1.76. The molecule has 3 heterocycles. The molecular weight excluding hydrogens is 582 g/mol. The molecule has 0 bridgehead atoms. The highest BCUT2D eigenvalue weighted by molar-refractivity contribution is 7.89. The normalized spacial score (nSPS) is 18.0. The van der Waals surface area contributed by atoms with Gasteiger partial charge in [0, 0.05) is 24.4 Å². The lowest BCUT2D eigenvalue weighted by atomic mass is 9.85. The third-order valence-electron chi connectivity index (χ3n) is 7.89. The monoisotopic (exact) mass is 612 g/mol. The van der Waals surface area contributed by atoms with Crippen molar-refractivity contribution in [2.75, 3.05) is 6.54 Å². The molecule has 226 valence electrons. The lowest BCUT2D eigenvalue weighted by Crippen LogP contribution is -2.38. The molecular formula is C29H30F2N6O5S. The first kappa shape index (κ1) is 30.3. The van der Waals surface area contributed by atoms with Crippen LogP contribution in [0.15, 0.2) is 47.6 Å². The molecule has 2 unspecified atom stereocenters. The maximum absolute atomic E-state index is 13.8. The highest BCUT2D eigenvalue weighted by Crippen LogP contribution is 2.46. The predicted octanol–water partition coefficient (Wildman–Crippen LogP) is 3.23. The first-order valence-corrected chi connectivity index (χ1v) is 14.5. The highest BCUT2D eigenvalue weighted by atomic mass is 32.2. The van der Waals surface area contributed by atoms with Crippen molar-refractivity contribution >= 4 is 29.1 Å². The van der Waals surface area contributed by atoms with E-state index in [4.69, 9.17) is 21.3 Å². The van der Waals surface area contributed by atoms with Crippen LogP contribution < -0.4 is 16.0 Å². The van der Waals surface area contributed by atoms with E-state index in [0.29, 0.717) is 17.7 Å². The van der Waals surface area contributed by atoms with Gasteiger partial charge in [-0.1, -0.05) is 18.2 Å². The van der Waals surface area contributed by atoms with E-state index < -0.39 is 47.0 Å². The van der Waals surface area contributed by atoms with Crippen molar-refractivity contribution in [3.8, 4) is 5.88 Å². The molecule has 5 N–H and O–H groups in total. The zero-order chi connectivity index (χ0) is 31.2. The SMILES string of the molecule is Cc1ccc(C(CC(=O)O)c2ccn(C(=N)C(F)F)c(=N)c2C)cc1CN1CC2(CC2)Oc2ncc(C(N)=O)cc2[S+]1[O-]. The number of ether oxygens (including phenoxy) is 1. The van der Waals surface area contributed by atoms with E-state index in [0.717, 1.165) is 28.5 Å². The highest BCUT2D eigenvalue weighted by Gasteiger charge is 2.53. The smallest absolute Gasteiger partial charge is 0.304 e.